The number of likely N-dealkylation sites (tertiary alicyclic amines) is 1. The summed E-state index contributed by atoms with van der Waals surface area (Å²) >= 11 is 3.51. The fourth-order valence-electron chi connectivity index (χ4n) is 4.50. The minimum Gasteiger partial charge on any atom is -0.493 e. The molecule has 2 aromatic carbocycles. The van der Waals surface area contributed by atoms with E-state index in [2.05, 4.69) is 34.7 Å². The molecule has 0 spiro atoms. The summed E-state index contributed by atoms with van der Waals surface area (Å²) in [4.78, 5) is 12.6. The van der Waals surface area contributed by atoms with Crippen LogP contribution in [0.25, 0.3) is 22.3 Å². The number of hydrogen-bond donors (Lipinski definition) is 0. The van der Waals surface area contributed by atoms with Crippen molar-refractivity contribution in [1.29, 1.82) is 0 Å². The first-order chi connectivity index (χ1) is 15.0. The van der Waals surface area contributed by atoms with E-state index in [9.17, 15) is 0 Å². The van der Waals surface area contributed by atoms with Gasteiger partial charge >= 0.3 is 0 Å². The molecule has 4 rings (SSSR count). The van der Waals surface area contributed by atoms with Gasteiger partial charge in [-0.3, -0.25) is 4.90 Å². The first-order valence-electron chi connectivity index (χ1n) is 10.8. The van der Waals surface area contributed by atoms with Crippen LogP contribution in [0.2, 0.25) is 0 Å². The van der Waals surface area contributed by atoms with Gasteiger partial charge in [-0.05, 0) is 50.9 Å². The summed E-state index contributed by atoms with van der Waals surface area (Å²) in [5.41, 5.74) is 2.84. The Morgan fingerprint density at radius 1 is 1.10 bits per heavy atom. The van der Waals surface area contributed by atoms with Crippen LogP contribution in [0.3, 0.4) is 0 Å². The molecule has 0 amide bonds. The van der Waals surface area contributed by atoms with Crippen LogP contribution in [0.15, 0.2) is 40.9 Å². The monoisotopic (exact) mass is 482 g/mol. The normalized spacial score (nSPS) is 18.2. The summed E-state index contributed by atoms with van der Waals surface area (Å²) in [5.74, 6) is 2.06. The number of methoxy groups -OCH3 is 2. The Hall–Kier alpha value is -2.18. The van der Waals surface area contributed by atoms with Crippen molar-refractivity contribution in [2.75, 3.05) is 20.8 Å². The van der Waals surface area contributed by atoms with Crippen LogP contribution in [0.4, 0.5) is 0 Å². The minimum atomic E-state index is 0.119. The molecule has 1 saturated heterocycles. The van der Waals surface area contributed by atoms with Crippen LogP contribution < -0.4 is 9.47 Å². The molecule has 1 fully saturated rings. The quantitative estimate of drug-likeness (QED) is 0.417. The number of hydrogen-bond acceptors (Lipinski definition) is 5. The molecule has 0 N–H and O–H groups in total. The molecule has 1 aliphatic rings. The Balaban J connectivity index is 1.94. The van der Waals surface area contributed by atoms with Gasteiger partial charge in [0.25, 0.3) is 0 Å². The summed E-state index contributed by atoms with van der Waals surface area (Å²) in [6.45, 7) is 7.68. The Morgan fingerprint density at radius 3 is 2.45 bits per heavy atom. The van der Waals surface area contributed by atoms with Gasteiger partial charge in [0, 0.05) is 27.5 Å². The van der Waals surface area contributed by atoms with Crippen molar-refractivity contribution in [3.8, 4) is 22.9 Å². The van der Waals surface area contributed by atoms with Crippen LogP contribution in [0, 0.1) is 6.92 Å². The molecule has 2 heterocycles. The maximum absolute atomic E-state index is 5.59. The van der Waals surface area contributed by atoms with Crippen molar-refractivity contribution in [2.45, 2.75) is 44.7 Å². The summed E-state index contributed by atoms with van der Waals surface area (Å²) in [5, 5.41) is 0.991. The molecule has 1 radical (unpaired) electrons. The van der Waals surface area contributed by atoms with Crippen molar-refractivity contribution in [3.05, 3.63) is 53.5 Å². The van der Waals surface area contributed by atoms with E-state index in [4.69, 9.17) is 19.4 Å². The molecule has 31 heavy (non-hydrogen) atoms. The highest BCUT2D eigenvalue weighted by Crippen LogP contribution is 2.38. The molecule has 2 unspecified atom stereocenters. The lowest BCUT2D eigenvalue weighted by molar-refractivity contribution is 0.104. The summed E-state index contributed by atoms with van der Waals surface area (Å²) < 4.78 is 12.2. The largest absolute Gasteiger partial charge is 0.493 e. The Kier molecular flexibility index (Phi) is 6.77. The van der Waals surface area contributed by atoms with Crippen molar-refractivity contribution < 1.29 is 9.47 Å². The molecule has 1 aliphatic heterocycles. The van der Waals surface area contributed by atoms with E-state index in [1.807, 2.05) is 36.4 Å². The van der Waals surface area contributed by atoms with Crippen LogP contribution in [0.5, 0.6) is 11.5 Å². The highest BCUT2D eigenvalue weighted by molar-refractivity contribution is 9.10. The molecule has 3 aromatic rings. The smallest absolute Gasteiger partial charge is 0.162 e. The van der Waals surface area contributed by atoms with Gasteiger partial charge in [0.2, 0.25) is 0 Å². The number of ether oxygens (including phenoxy) is 2. The second-order valence-corrected chi connectivity index (χ2v) is 8.97. The third-order valence-corrected chi connectivity index (χ3v) is 6.71. The molecule has 0 aliphatic carbocycles. The highest BCUT2D eigenvalue weighted by Gasteiger charge is 2.29. The van der Waals surface area contributed by atoms with Crippen LogP contribution in [0.1, 0.15) is 44.3 Å². The maximum atomic E-state index is 5.59. The predicted molar refractivity (Wildman–Crippen MR) is 129 cm³/mol. The van der Waals surface area contributed by atoms with Gasteiger partial charge in [0.05, 0.1) is 31.5 Å². The van der Waals surface area contributed by atoms with E-state index >= 15 is 0 Å². The van der Waals surface area contributed by atoms with Gasteiger partial charge in [-0.1, -0.05) is 41.4 Å². The van der Waals surface area contributed by atoms with E-state index in [1.54, 1.807) is 14.2 Å². The van der Waals surface area contributed by atoms with Gasteiger partial charge in [0.1, 0.15) is 0 Å². The van der Waals surface area contributed by atoms with E-state index in [0.29, 0.717) is 23.4 Å². The van der Waals surface area contributed by atoms with E-state index in [0.717, 1.165) is 39.6 Å². The highest BCUT2D eigenvalue weighted by atomic mass is 79.9. The van der Waals surface area contributed by atoms with Crippen molar-refractivity contribution >= 4 is 26.8 Å². The van der Waals surface area contributed by atoms with E-state index in [1.165, 1.54) is 19.3 Å². The molecule has 1 aromatic heterocycles. The van der Waals surface area contributed by atoms with Gasteiger partial charge in [0.15, 0.2) is 17.3 Å². The average molecular weight is 483 g/mol. The minimum absolute atomic E-state index is 0.119. The molecule has 5 nitrogen and oxygen atoms in total. The van der Waals surface area contributed by atoms with E-state index in [-0.39, 0.29) is 6.04 Å². The molecule has 6 heteroatoms. The Labute approximate surface area is 192 Å². The number of piperidine rings is 1. The lowest BCUT2D eigenvalue weighted by Gasteiger charge is -2.39. The zero-order chi connectivity index (χ0) is 22.0. The lowest BCUT2D eigenvalue weighted by atomic mass is 9.96. The summed E-state index contributed by atoms with van der Waals surface area (Å²) in [6, 6.07) is 12.7. The van der Waals surface area contributed by atoms with E-state index < -0.39 is 0 Å². The number of benzene rings is 2. The molecular weight excluding hydrogens is 454 g/mol. The summed E-state index contributed by atoms with van der Waals surface area (Å²) in [7, 11) is 3.31. The zero-order valence-electron chi connectivity index (χ0n) is 18.4. The molecule has 2 atom stereocenters. The molecule has 0 bridgehead atoms. The van der Waals surface area contributed by atoms with Crippen LogP contribution >= 0.6 is 15.9 Å². The fraction of sp³-hybridized carbons (Fsp3) is 0.400. The Morgan fingerprint density at radius 2 is 1.81 bits per heavy atom. The molecular formula is C25H29BrN3O2. The first-order valence-corrected chi connectivity index (χ1v) is 11.6. The van der Waals surface area contributed by atoms with Crippen LogP contribution in [-0.4, -0.2) is 41.7 Å². The predicted octanol–water partition coefficient (Wildman–Crippen LogP) is 6.22. The fourth-order valence-corrected chi connectivity index (χ4v) is 4.77. The van der Waals surface area contributed by atoms with Crippen molar-refractivity contribution in [2.24, 2.45) is 0 Å². The third kappa shape index (κ3) is 4.41. The van der Waals surface area contributed by atoms with Gasteiger partial charge in [-0.25, -0.2) is 9.97 Å². The number of nitrogens with zero attached hydrogens (tertiary/aromatic N) is 3. The average Bonchev–Trinajstić information content (AvgIpc) is 2.80. The lowest BCUT2D eigenvalue weighted by Crippen LogP contribution is -2.40. The van der Waals surface area contributed by atoms with Gasteiger partial charge in [-0.2, -0.15) is 0 Å². The zero-order valence-corrected chi connectivity index (χ0v) is 20.0. The maximum Gasteiger partial charge on any atom is 0.162 e. The van der Waals surface area contributed by atoms with Crippen LogP contribution in [-0.2, 0) is 0 Å². The number of aromatic nitrogens is 2. The SMILES string of the molecule is [CH2]CC(c1nc(-c2ccc(Br)cc2)nc2cc(OC)c(OC)cc12)N1CCCCC1C. The second kappa shape index (κ2) is 9.53. The van der Waals surface area contributed by atoms with Gasteiger partial charge in [-0.15, -0.1) is 0 Å². The number of rotatable bonds is 6. The standard InChI is InChI=1S/C25H29BrN3O2/c1-5-21(29-13-7-6-8-16(29)2)24-19-14-22(30-3)23(31-4)15-20(19)27-25(28-24)17-9-11-18(26)12-10-17/h9-12,14-16,21H,1,5-8,13H2,2-4H3. The van der Waals surface area contributed by atoms with Crippen molar-refractivity contribution in [3.63, 3.8) is 0 Å². The second-order valence-electron chi connectivity index (χ2n) is 8.05. The summed E-state index contributed by atoms with van der Waals surface area (Å²) in [6.07, 6.45) is 4.43. The number of halogens is 1. The number of fused-ring (bicyclic) bond motifs is 1. The van der Waals surface area contributed by atoms with Gasteiger partial charge < -0.3 is 9.47 Å². The third-order valence-electron chi connectivity index (χ3n) is 6.18. The first kappa shape index (κ1) is 22.0. The topological polar surface area (TPSA) is 47.5 Å². The molecule has 163 valence electrons. The van der Waals surface area contributed by atoms with Crippen molar-refractivity contribution in [1.82, 2.24) is 14.9 Å². The Bertz CT molecular complexity index is 1050. The molecule has 0 saturated carbocycles.